The van der Waals surface area contributed by atoms with E-state index in [0.717, 1.165) is 11.3 Å². The van der Waals surface area contributed by atoms with E-state index in [9.17, 15) is 4.79 Å². The first kappa shape index (κ1) is 20.3. The summed E-state index contributed by atoms with van der Waals surface area (Å²) in [5.74, 6) is -0.0154. The van der Waals surface area contributed by atoms with E-state index in [-0.39, 0.29) is 11.9 Å². The summed E-state index contributed by atoms with van der Waals surface area (Å²) in [7, 11) is 0. The van der Waals surface area contributed by atoms with E-state index in [1.54, 1.807) is 6.07 Å². The predicted octanol–water partition coefficient (Wildman–Crippen LogP) is 4.77. The molecule has 0 radical (unpaired) electrons. The molecule has 1 heterocycles. The van der Waals surface area contributed by atoms with Crippen molar-refractivity contribution in [3.63, 3.8) is 0 Å². The Bertz CT molecular complexity index is 813. The van der Waals surface area contributed by atoms with E-state index in [2.05, 4.69) is 4.90 Å². The van der Waals surface area contributed by atoms with Crippen LogP contribution in [0.1, 0.15) is 24.9 Å². The van der Waals surface area contributed by atoms with Gasteiger partial charge in [-0.25, -0.2) is 0 Å². The molecule has 1 fully saturated rings. The van der Waals surface area contributed by atoms with Gasteiger partial charge in [-0.2, -0.15) is 0 Å². The minimum atomic E-state index is -0.471. The third-order valence-electron chi connectivity index (χ3n) is 4.92. The maximum atomic E-state index is 12.6. The molecule has 0 unspecified atom stereocenters. The molecule has 3 rings (SSSR count). The van der Waals surface area contributed by atoms with Crippen molar-refractivity contribution in [1.82, 2.24) is 4.90 Å². The van der Waals surface area contributed by atoms with Crippen molar-refractivity contribution in [2.75, 3.05) is 24.5 Å². The summed E-state index contributed by atoms with van der Waals surface area (Å²) in [6.07, 6.45) is 0.619. The molecular weight excluding hydrogens is 405 g/mol. The van der Waals surface area contributed by atoms with Crippen LogP contribution in [0.25, 0.3) is 0 Å². The van der Waals surface area contributed by atoms with Gasteiger partial charge in [0, 0.05) is 29.7 Å². The summed E-state index contributed by atoms with van der Waals surface area (Å²) >= 11 is 18.6. The molecule has 0 bridgehead atoms. The fourth-order valence-electron chi connectivity index (χ4n) is 3.36. The maximum absolute atomic E-state index is 12.6. The van der Waals surface area contributed by atoms with Crippen LogP contribution in [0.4, 0.5) is 5.69 Å². The molecule has 7 heteroatoms. The van der Waals surface area contributed by atoms with Crippen LogP contribution in [0.3, 0.4) is 0 Å². The molecule has 2 N–H and O–H groups in total. The zero-order valence-electron chi connectivity index (χ0n) is 15.0. The summed E-state index contributed by atoms with van der Waals surface area (Å²) in [6, 6.07) is 12.6. The third kappa shape index (κ3) is 4.52. The van der Waals surface area contributed by atoms with Gasteiger partial charge in [-0.05, 0) is 42.3 Å². The van der Waals surface area contributed by atoms with Crippen LogP contribution in [0.5, 0.6) is 0 Å². The first-order valence-electron chi connectivity index (χ1n) is 8.92. The first-order valence-corrected chi connectivity index (χ1v) is 10.1. The van der Waals surface area contributed by atoms with Gasteiger partial charge >= 0.3 is 0 Å². The highest BCUT2D eigenvalue weighted by Crippen LogP contribution is 2.36. The first-order chi connectivity index (χ1) is 12.9. The zero-order valence-corrected chi connectivity index (χ0v) is 17.3. The second-order valence-corrected chi connectivity index (χ2v) is 7.94. The van der Waals surface area contributed by atoms with Crippen molar-refractivity contribution in [3.05, 3.63) is 63.1 Å². The van der Waals surface area contributed by atoms with Gasteiger partial charge in [-0.15, -0.1) is 0 Å². The van der Waals surface area contributed by atoms with Crippen LogP contribution in [0, 0.1) is 0 Å². The van der Waals surface area contributed by atoms with E-state index in [1.807, 2.05) is 48.2 Å². The molecule has 0 aliphatic carbocycles. The summed E-state index contributed by atoms with van der Waals surface area (Å²) in [5, 5.41) is 1.85. The highest BCUT2D eigenvalue weighted by molar-refractivity contribution is 6.36. The van der Waals surface area contributed by atoms with Crippen molar-refractivity contribution in [1.29, 1.82) is 0 Å². The van der Waals surface area contributed by atoms with Gasteiger partial charge in [0.05, 0.1) is 22.8 Å². The number of carbonyl (C=O) groups excluding carboxylic acids is 1. The number of hydrogen-bond donors (Lipinski definition) is 1. The Hall–Kier alpha value is -1.46. The lowest BCUT2D eigenvalue weighted by molar-refractivity contribution is -0.133. The maximum Gasteiger partial charge on any atom is 0.239 e. The normalized spacial score (nSPS) is 18.5. The van der Waals surface area contributed by atoms with Gasteiger partial charge in [0.15, 0.2) is 0 Å². The quantitative estimate of drug-likeness (QED) is 0.766. The number of rotatable bonds is 4. The molecule has 0 aromatic heterocycles. The van der Waals surface area contributed by atoms with Crippen LogP contribution in [-0.4, -0.2) is 36.5 Å². The molecule has 27 heavy (non-hydrogen) atoms. The van der Waals surface area contributed by atoms with Gasteiger partial charge in [0.25, 0.3) is 0 Å². The Morgan fingerprint density at radius 3 is 2.41 bits per heavy atom. The standard InChI is InChI=1S/C20H22Cl3N3O/c1-2-17(24)20(27)25-9-10-26(18-8-7-15(22)11-16(18)23)19(12-25)13-3-5-14(21)6-4-13/h3-8,11,17,19H,2,9-10,12,24H2,1H3/t17-,19-/m0/s1. The lowest BCUT2D eigenvalue weighted by Gasteiger charge is -2.44. The third-order valence-corrected chi connectivity index (χ3v) is 5.71. The molecule has 144 valence electrons. The Balaban J connectivity index is 1.95. The lowest BCUT2D eigenvalue weighted by atomic mass is 10.0. The Labute approximate surface area is 174 Å². The highest BCUT2D eigenvalue weighted by Gasteiger charge is 2.33. The number of benzene rings is 2. The summed E-state index contributed by atoms with van der Waals surface area (Å²) in [4.78, 5) is 16.7. The largest absolute Gasteiger partial charge is 0.360 e. The number of nitrogens with two attached hydrogens (primary N) is 1. The van der Waals surface area contributed by atoms with Crippen LogP contribution in [0.15, 0.2) is 42.5 Å². The van der Waals surface area contributed by atoms with Crippen LogP contribution < -0.4 is 10.6 Å². The lowest BCUT2D eigenvalue weighted by Crippen LogP contribution is -2.54. The van der Waals surface area contributed by atoms with E-state index in [4.69, 9.17) is 40.5 Å². The highest BCUT2D eigenvalue weighted by atomic mass is 35.5. The second-order valence-electron chi connectivity index (χ2n) is 6.66. The molecule has 2 atom stereocenters. The number of nitrogens with zero attached hydrogens (tertiary/aromatic N) is 2. The number of piperazine rings is 1. The molecule has 1 amide bonds. The van der Waals surface area contributed by atoms with Crippen LogP contribution in [0.2, 0.25) is 15.1 Å². The molecule has 2 aromatic carbocycles. The smallest absolute Gasteiger partial charge is 0.239 e. The molecule has 4 nitrogen and oxygen atoms in total. The van der Waals surface area contributed by atoms with Gasteiger partial charge in [0.1, 0.15) is 0 Å². The van der Waals surface area contributed by atoms with Crippen molar-refractivity contribution in [2.24, 2.45) is 5.73 Å². The van der Waals surface area contributed by atoms with Crippen LogP contribution in [-0.2, 0) is 4.79 Å². The molecule has 0 saturated carbocycles. The average Bonchev–Trinajstić information content (AvgIpc) is 2.67. The van der Waals surface area contributed by atoms with Crippen molar-refractivity contribution in [2.45, 2.75) is 25.4 Å². The SMILES string of the molecule is CC[C@H](N)C(=O)N1CCN(c2ccc(Cl)cc2Cl)[C@H](c2ccc(Cl)cc2)C1. The van der Waals surface area contributed by atoms with E-state index in [0.29, 0.717) is 41.1 Å². The summed E-state index contributed by atoms with van der Waals surface area (Å²) in [6.45, 7) is 3.70. The minimum absolute atomic E-state index is 0.0154. The fourth-order valence-corrected chi connectivity index (χ4v) is 4.01. The number of anilines is 1. The molecule has 2 aromatic rings. The Morgan fingerprint density at radius 1 is 1.11 bits per heavy atom. The van der Waals surface area contributed by atoms with Gasteiger partial charge in [-0.1, -0.05) is 53.9 Å². The van der Waals surface area contributed by atoms with Gasteiger partial charge in [0.2, 0.25) is 5.91 Å². The van der Waals surface area contributed by atoms with E-state index in [1.165, 1.54) is 0 Å². The van der Waals surface area contributed by atoms with E-state index < -0.39 is 6.04 Å². The number of halogens is 3. The average molecular weight is 427 g/mol. The Kier molecular flexibility index (Phi) is 6.53. The number of hydrogen-bond acceptors (Lipinski definition) is 3. The number of carbonyl (C=O) groups is 1. The second kappa shape index (κ2) is 8.70. The van der Waals surface area contributed by atoms with Crippen molar-refractivity contribution < 1.29 is 4.79 Å². The zero-order chi connectivity index (χ0) is 19.6. The monoisotopic (exact) mass is 425 g/mol. The van der Waals surface area contributed by atoms with E-state index >= 15 is 0 Å². The topological polar surface area (TPSA) is 49.6 Å². The van der Waals surface area contributed by atoms with Crippen LogP contribution >= 0.6 is 34.8 Å². The summed E-state index contributed by atoms with van der Waals surface area (Å²) in [5.41, 5.74) is 7.94. The van der Waals surface area contributed by atoms with Crippen molar-refractivity contribution >= 4 is 46.4 Å². The predicted molar refractivity (Wildman–Crippen MR) is 113 cm³/mol. The molecule has 1 saturated heterocycles. The fraction of sp³-hybridized carbons (Fsp3) is 0.350. The Morgan fingerprint density at radius 2 is 1.78 bits per heavy atom. The molecule has 1 aliphatic rings. The molecule has 0 spiro atoms. The van der Waals surface area contributed by atoms with Gasteiger partial charge < -0.3 is 15.5 Å². The van der Waals surface area contributed by atoms with Crippen molar-refractivity contribution in [3.8, 4) is 0 Å². The molecule has 1 aliphatic heterocycles. The summed E-state index contributed by atoms with van der Waals surface area (Å²) < 4.78 is 0. The number of amides is 1. The minimum Gasteiger partial charge on any atom is -0.360 e. The van der Waals surface area contributed by atoms with Gasteiger partial charge in [-0.3, -0.25) is 4.79 Å². The molecular formula is C20H22Cl3N3O.